The van der Waals surface area contributed by atoms with Gasteiger partial charge in [0.25, 0.3) is 0 Å². The zero-order valence-corrected chi connectivity index (χ0v) is 9.51. The molecule has 5 nitrogen and oxygen atoms in total. The Labute approximate surface area is 102 Å². The smallest absolute Gasteiger partial charge is 0.339 e. The SMILES string of the molecule is Cc1occc1-c1nc2cccc(C(=O)O)c2o1. The topological polar surface area (TPSA) is 76.5 Å². The second-order valence-electron chi connectivity index (χ2n) is 3.87. The Morgan fingerprint density at radius 1 is 1.33 bits per heavy atom. The molecule has 0 aliphatic heterocycles. The number of hydrogen-bond donors (Lipinski definition) is 1. The minimum absolute atomic E-state index is 0.104. The lowest BCUT2D eigenvalue weighted by molar-refractivity contribution is 0.0698. The number of carboxylic acid groups (broad SMARTS) is 1. The Morgan fingerprint density at radius 3 is 2.83 bits per heavy atom. The van der Waals surface area contributed by atoms with Crippen LogP contribution in [-0.4, -0.2) is 16.1 Å². The number of benzene rings is 1. The van der Waals surface area contributed by atoms with Crippen LogP contribution in [0.5, 0.6) is 0 Å². The quantitative estimate of drug-likeness (QED) is 0.748. The van der Waals surface area contributed by atoms with E-state index in [1.54, 1.807) is 25.1 Å². The summed E-state index contributed by atoms with van der Waals surface area (Å²) in [6, 6.07) is 6.58. The average molecular weight is 243 g/mol. The van der Waals surface area contributed by atoms with E-state index in [0.717, 1.165) is 5.56 Å². The van der Waals surface area contributed by atoms with Gasteiger partial charge in [-0.1, -0.05) is 6.07 Å². The van der Waals surface area contributed by atoms with E-state index in [9.17, 15) is 4.79 Å². The lowest BCUT2D eigenvalue weighted by atomic mass is 10.2. The van der Waals surface area contributed by atoms with Gasteiger partial charge in [0, 0.05) is 0 Å². The number of aromatic nitrogens is 1. The van der Waals surface area contributed by atoms with Gasteiger partial charge in [-0.3, -0.25) is 0 Å². The first kappa shape index (κ1) is 10.6. The van der Waals surface area contributed by atoms with Crippen molar-refractivity contribution in [3.63, 3.8) is 0 Å². The molecule has 3 aromatic rings. The molecule has 1 N–H and O–H groups in total. The van der Waals surface area contributed by atoms with Gasteiger partial charge in [0.15, 0.2) is 5.58 Å². The number of hydrogen-bond acceptors (Lipinski definition) is 4. The molecule has 0 saturated carbocycles. The maximum Gasteiger partial charge on any atom is 0.339 e. The monoisotopic (exact) mass is 243 g/mol. The first-order valence-corrected chi connectivity index (χ1v) is 5.34. The summed E-state index contributed by atoms with van der Waals surface area (Å²) in [4.78, 5) is 15.3. The van der Waals surface area contributed by atoms with E-state index in [-0.39, 0.29) is 11.1 Å². The van der Waals surface area contributed by atoms with Gasteiger partial charge in [-0.05, 0) is 25.1 Å². The van der Waals surface area contributed by atoms with Crippen LogP contribution >= 0.6 is 0 Å². The van der Waals surface area contributed by atoms with Gasteiger partial charge in [-0.2, -0.15) is 0 Å². The van der Waals surface area contributed by atoms with E-state index >= 15 is 0 Å². The molecule has 0 aliphatic carbocycles. The molecule has 1 aromatic carbocycles. The second-order valence-corrected chi connectivity index (χ2v) is 3.87. The molecule has 18 heavy (non-hydrogen) atoms. The molecule has 3 rings (SSSR count). The number of furan rings is 1. The van der Waals surface area contributed by atoms with Crippen LogP contribution in [-0.2, 0) is 0 Å². The summed E-state index contributed by atoms with van der Waals surface area (Å²) in [5, 5.41) is 9.07. The van der Waals surface area contributed by atoms with Crippen molar-refractivity contribution in [1.82, 2.24) is 4.98 Å². The van der Waals surface area contributed by atoms with E-state index in [0.29, 0.717) is 17.2 Å². The Hall–Kier alpha value is -2.56. The number of para-hydroxylation sites is 1. The minimum Gasteiger partial charge on any atom is -0.478 e. The fourth-order valence-electron chi connectivity index (χ4n) is 1.84. The van der Waals surface area contributed by atoms with E-state index < -0.39 is 5.97 Å². The van der Waals surface area contributed by atoms with Crippen LogP contribution in [0.1, 0.15) is 16.1 Å². The van der Waals surface area contributed by atoms with E-state index in [4.69, 9.17) is 13.9 Å². The van der Waals surface area contributed by atoms with Crippen molar-refractivity contribution in [2.24, 2.45) is 0 Å². The first-order chi connectivity index (χ1) is 8.66. The van der Waals surface area contributed by atoms with Crippen molar-refractivity contribution < 1.29 is 18.7 Å². The maximum absolute atomic E-state index is 11.1. The average Bonchev–Trinajstić information content (AvgIpc) is 2.92. The molecule has 0 radical (unpaired) electrons. The highest BCUT2D eigenvalue weighted by Crippen LogP contribution is 2.28. The fourth-order valence-corrected chi connectivity index (χ4v) is 1.84. The van der Waals surface area contributed by atoms with E-state index in [2.05, 4.69) is 4.98 Å². The molecule has 2 aromatic heterocycles. The number of oxazole rings is 1. The fraction of sp³-hybridized carbons (Fsp3) is 0.0769. The summed E-state index contributed by atoms with van der Waals surface area (Å²) in [5.41, 5.74) is 1.63. The van der Waals surface area contributed by atoms with Crippen LogP contribution in [0.25, 0.3) is 22.6 Å². The molecule has 0 spiro atoms. The molecule has 90 valence electrons. The van der Waals surface area contributed by atoms with Crippen LogP contribution < -0.4 is 0 Å². The van der Waals surface area contributed by atoms with Crippen molar-refractivity contribution in [2.45, 2.75) is 6.92 Å². The molecule has 0 fully saturated rings. The van der Waals surface area contributed by atoms with Gasteiger partial charge in [0.2, 0.25) is 5.89 Å². The third-order valence-corrected chi connectivity index (χ3v) is 2.73. The lowest BCUT2D eigenvalue weighted by Gasteiger charge is -1.93. The Bertz CT molecular complexity index is 738. The number of carboxylic acids is 1. The van der Waals surface area contributed by atoms with Crippen molar-refractivity contribution in [1.29, 1.82) is 0 Å². The van der Waals surface area contributed by atoms with Crippen molar-refractivity contribution in [3.8, 4) is 11.5 Å². The minimum atomic E-state index is -1.03. The molecule has 0 atom stereocenters. The predicted octanol–water partition coefficient (Wildman–Crippen LogP) is 3.09. The summed E-state index contributed by atoms with van der Waals surface area (Å²) in [6.45, 7) is 1.79. The number of aryl methyl sites for hydroxylation is 1. The van der Waals surface area contributed by atoms with Gasteiger partial charge in [-0.25, -0.2) is 9.78 Å². The molecule has 0 unspecified atom stereocenters. The Balaban J connectivity index is 2.26. The predicted molar refractivity (Wildman–Crippen MR) is 63.4 cm³/mol. The standard InChI is InChI=1S/C13H9NO4/c1-7-8(5-6-17-7)12-14-10-4-2-3-9(13(15)16)11(10)18-12/h2-6H,1H3,(H,15,16). The van der Waals surface area contributed by atoms with Gasteiger partial charge in [0.05, 0.1) is 11.8 Å². The number of rotatable bonds is 2. The van der Waals surface area contributed by atoms with Crippen molar-refractivity contribution in [2.75, 3.05) is 0 Å². The molecule has 0 bridgehead atoms. The van der Waals surface area contributed by atoms with Crippen LogP contribution in [0.3, 0.4) is 0 Å². The molecule has 5 heteroatoms. The molecular formula is C13H9NO4. The van der Waals surface area contributed by atoms with Crippen LogP contribution in [0.2, 0.25) is 0 Å². The maximum atomic E-state index is 11.1. The van der Waals surface area contributed by atoms with Crippen molar-refractivity contribution >= 4 is 17.1 Å². The first-order valence-electron chi connectivity index (χ1n) is 5.34. The Kier molecular flexibility index (Phi) is 2.19. The second kappa shape index (κ2) is 3.73. The van der Waals surface area contributed by atoms with Gasteiger partial charge < -0.3 is 13.9 Å². The summed E-state index contributed by atoms with van der Waals surface area (Å²) in [6.07, 6.45) is 1.54. The number of nitrogens with zero attached hydrogens (tertiary/aromatic N) is 1. The zero-order valence-electron chi connectivity index (χ0n) is 9.51. The number of aromatic carboxylic acids is 1. The highest BCUT2D eigenvalue weighted by Gasteiger charge is 2.17. The van der Waals surface area contributed by atoms with Gasteiger partial charge >= 0.3 is 5.97 Å². The molecule has 0 aliphatic rings. The van der Waals surface area contributed by atoms with Gasteiger partial charge in [0.1, 0.15) is 16.8 Å². The van der Waals surface area contributed by atoms with E-state index in [1.807, 2.05) is 0 Å². The summed E-state index contributed by atoms with van der Waals surface area (Å²) in [5.74, 6) is 0.00981. The summed E-state index contributed by atoms with van der Waals surface area (Å²) >= 11 is 0. The van der Waals surface area contributed by atoms with Crippen LogP contribution in [0.15, 0.2) is 39.4 Å². The highest BCUT2D eigenvalue weighted by atomic mass is 16.4. The molecule has 0 amide bonds. The number of fused-ring (bicyclic) bond motifs is 1. The van der Waals surface area contributed by atoms with E-state index in [1.165, 1.54) is 12.3 Å². The molecular weight excluding hydrogens is 234 g/mol. The third-order valence-electron chi connectivity index (χ3n) is 2.73. The van der Waals surface area contributed by atoms with Gasteiger partial charge in [-0.15, -0.1) is 0 Å². The third kappa shape index (κ3) is 1.48. The van der Waals surface area contributed by atoms with Crippen LogP contribution in [0.4, 0.5) is 0 Å². The zero-order chi connectivity index (χ0) is 12.7. The normalized spacial score (nSPS) is 10.9. The molecule has 2 heterocycles. The largest absolute Gasteiger partial charge is 0.478 e. The summed E-state index contributed by atoms with van der Waals surface area (Å²) in [7, 11) is 0. The Morgan fingerprint density at radius 2 is 2.17 bits per heavy atom. The van der Waals surface area contributed by atoms with Crippen LogP contribution in [0, 0.1) is 6.92 Å². The lowest BCUT2D eigenvalue weighted by Crippen LogP contribution is -1.95. The molecule has 0 saturated heterocycles. The highest BCUT2D eigenvalue weighted by molar-refractivity contribution is 6.00. The number of carbonyl (C=O) groups is 1. The van der Waals surface area contributed by atoms with Crippen molar-refractivity contribution in [3.05, 3.63) is 41.9 Å². The summed E-state index contributed by atoms with van der Waals surface area (Å²) < 4.78 is 10.7.